The molecular formula is C23H21F3N4O5. The highest BCUT2D eigenvalue weighted by Crippen LogP contribution is 2.36. The van der Waals surface area contributed by atoms with Crippen molar-refractivity contribution in [3.8, 4) is 34.4 Å². The highest BCUT2D eigenvalue weighted by Gasteiger charge is 2.35. The molecule has 3 aromatic heterocycles. The van der Waals surface area contributed by atoms with Gasteiger partial charge in [-0.2, -0.15) is 23.0 Å². The van der Waals surface area contributed by atoms with E-state index in [0.29, 0.717) is 28.3 Å². The molecular weight excluding hydrogens is 469 g/mol. The molecule has 184 valence electrons. The molecule has 0 aliphatic carbocycles. The van der Waals surface area contributed by atoms with Crippen molar-refractivity contribution < 1.29 is 31.8 Å². The fraction of sp³-hybridized carbons (Fsp3) is 0.261. The first-order valence-electron chi connectivity index (χ1n) is 10.6. The lowest BCUT2D eigenvalue weighted by Gasteiger charge is -2.17. The van der Waals surface area contributed by atoms with Crippen molar-refractivity contribution in [3.63, 3.8) is 0 Å². The zero-order chi connectivity index (χ0) is 25.2. The van der Waals surface area contributed by atoms with Crippen LogP contribution in [-0.2, 0) is 6.18 Å². The van der Waals surface area contributed by atoms with Crippen LogP contribution >= 0.6 is 0 Å². The molecule has 4 aromatic rings. The molecule has 9 nitrogen and oxygen atoms in total. The number of ether oxygens (including phenoxy) is 1. The number of anilines is 1. The van der Waals surface area contributed by atoms with Gasteiger partial charge in [0.1, 0.15) is 23.7 Å². The first-order valence-corrected chi connectivity index (χ1v) is 10.6. The van der Waals surface area contributed by atoms with Crippen LogP contribution in [0.3, 0.4) is 0 Å². The molecule has 2 N–H and O–H groups in total. The second-order valence-corrected chi connectivity index (χ2v) is 7.43. The number of aryl methyl sites for hydroxylation is 1. The number of aromatic nitrogens is 3. The molecule has 3 heterocycles. The Labute approximate surface area is 196 Å². The Kier molecular flexibility index (Phi) is 6.65. The highest BCUT2D eigenvalue weighted by molar-refractivity contribution is 5.66. The third kappa shape index (κ3) is 4.92. The summed E-state index contributed by atoms with van der Waals surface area (Å²) in [4.78, 5) is 17.0. The van der Waals surface area contributed by atoms with Crippen molar-refractivity contribution >= 4 is 5.69 Å². The van der Waals surface area contributed by atoms with Crippen molar-refractivity contribution in [2.24, 2.45) is 0 Å². The van der Waals surface area contributed by atoms with E-state index in [2.05, 4.69) is 15.4 Å². The smallest absolute Gasteiger partial charge is 0.418 e. The average molecular weight is 490 g/mol. The predicted molar refractivity (Wildman–Crippen MR) is 120 cm³/mol. The van der Waals surface area contributed by atoms with E-state index in [-0.39, 0.29) is 36.1 Å². The summed E-state index contributed by atoms with van der Waals surface area (Å²) in [6, 6.07) is 6.06. The van der Waals surface area contributed by atoms with Crippen LogP contribution in [0.25, 0.3) is 28.7 Å². The summed E-state index contributed by atoms with van der Waals surface area (Å²) < 4.78 is 58.7. The summed E-state index contributed by atoms with van der Waals surface area (Å²) in [5.74, 6) is 0.973. The first-order chi connectivity index (χ1) is 16.7. The number of hydrogen-bond acceptors (Lipinski definition) is 8. The molecule has 4 rings (SSSR count). The van der Waals surface area contributed by atoms with E-state index < -0.39 is 23.0 Å². The van der Waals surface area contributed by atoms with E-state index in [1.54, 1.807) is 19.9 Å². The summed E-state index contributed by atoms with van der Waals surface area (Å²) in [6.07, 6.45) is -2.09. The van der Waals surface area contributed by atoms with Crippen molar-refractivity contribution in [1.82, 2.24) is 14.8 Å². The van der Waals surface area contributed by atoms with Crippen LogP contribution in [0.1, 0.15) is 18.1 Å². The molecule has 0 amide bonds. The first kappa shape index (κ1) is 24.1. The van der Waals surface area contributed by atoms with Gasteiger partial charge in [-0.05, 0) is 43.7 Å². The molecule has 0 spiro atoms. The number of aliphatic hydroxyl groups is 1. The summed E-state index contributed by atoms with van der Waals surface area (Å²) in [6.45, 7) is 3.35. The van der Waals surface area contributed by atoms with Gasteiger partial charge in [-0.1, -0.05) is 0 Å². The van der Waals surface area contributed by atoms with Crippen molar-refractivity contribution in [3.05, 3.63) is 64.4 Å². The largest absolute Gasteiger partial charge is 0.491 e. The second-order valence-electron chi connectivity index (χ2n) is 7.43. The maximum atomic E-state index is 13.9. The van der Waals surface area contributed by atoms with Crippen molar-refractivity contribution in [1.29, 1.82) is 0 Å². The van der Waals surface area contributed by atoms with Gasteiger partial charge in [0.05, 0.1) is 24.1 Å². The minimum atomic E-state index is -4.78. The number of aliphatic hydroxyl groups excluding tert-OH is 1. The van der Waals surface area contributed by atoms with Gasteiger partial charge in [0.15, 0.2) is 23.7 Å². The van der Waals surface area contributed by atoms with E-state index in [1.165, 1.54) is 18.7 Å². The number of alkyl halides is 3. The Balaban J connectivity index is 1.93. The monoisotopic (exact) mass is 490 g/mol. The van der Waals surface area contributed by atoms with E-state index in [4.69, 9.17) is 18.7 Å². The molecule has 0 fully saturated rings. The molecule has 0 aliphatic heterocycles. The quantitative estimate of drug-likeness (QED) is 0.376. The molecule has 0 bridgehead atoms. The third-order valence-corrected chi connectivity index (χ3v) is 4.97. The Morgan fingerprint density at radius 1 is 1.20 bits per heavy atom. The normalized spacial score (nSPS) is 11.6. The van der Waals surface area contributed by atoms with Crippen LogP contribution in [0.15, 0.2) is 56.6 Å². The van der Waals surface area contributed by atoms with Crippen LogP contribution < -0.4 is 15.6 Å². The molecule has 0 aliphatic rings. The Morgan fingerprint density at radius 2 is 2.00 bits per heavy atom. The number of furan rings is 1. The summed E-state index contributed by atoms with van der Waals surface area (Å²) in [5, 5.41) is 16.1. The fourth-order valence-corrected chi connectivity index (χ4v) is 3.46. The number of nitrogens with one attached hydrogen (secondary N) is 1. The van der Waals surface area contributed by atoms with Gasteiger partial charge >= 0.3 is 6.18 Å². The SMILES string of the molecule is CCNc1cc(-c2oc(-c3cnco3)cc2C)nn(-c2cc(OCCO)ccc2C(F)(F)F)c1=O. The van der Waals surface area contributed by atoms with Crippen LogP contribution in [0, 0.1) is 6.92 Å². The second kappa shape index (κ2) is 9.66. The van der Waals surface area contributed by atoms with Gasteiger partial charge in [0.2, 0.25) is 0 Å². The molecule has 0 radical (unpaired) electrons. The number of hydrogen-bond donors (Lipinski definition) is 2. The lowest BCUT2D eigenvalue weighted by molar-refractivity contribution is -0.137. The fourth-order valence-electron chi connectivity index (χ4n) is 3.46. The van der Waals surface area contributed by atoms with Crippen LogP contribution in [0.5, 0.6) is 5.75 Å². The van der Waals surface area contributed by atoms with Gasteiger partial charge < -0.3 is 24.0 Å². The molecule has 0 atom stereocenters. The van der Waals surface area contributed by atoms with E-state index in [9.17, 15) is 18.0 Å². The Bertz CT molecular complexity index is 1380. The predicted octanol–water partition coefficient (Wildman–Crippen LogP) is 4.28. The summed E-state index contributed by atoms with van der Waals surface area (Å²) in [7, 11) is 0. The number of rotatable bonds is 8. The zero-order valence-electron chi connectivity index (χ0n) is 18.7. The lowest BCUT2D eigenvalue weighted by atomic mass is 10.1. The Morgan fingerprint density at radius 3 is 2.66 bits per heavy atom. The third-order valence-electron chi connectivity index (χ3n) is 4.97. The summed E-state index contributed by atoms with van der Waals surface area (Å²) >= 11 is 0. The number of benzene rings is 1. The van der Waals surface area contributed by atoms with Gasteiger partial charge in [-0.15, -0.1) is 0 Å². The van der Waals surface area contributed by atoms with E-state index in [0.717, 1.165) is 18.2 Å². The standard InChI is InChI=1S/C23H21F3N4O5/c1-3-28-17-10-16(21-13(2)8-19(35-21)20-11-27-12-34-20)29-30(22(17)32)18-9-14(33-7-6-31)4-5-15(18)23(24,25)26/h4-5,8-12,28,31H,3,6-7H2,1-2H3. The average Bonchev–Trinajstić information content (AvgIpc) is 3.48. The zero-order valence-corrected chi connectivity index (χ0v) is 18.7. The van der Waals surface area contributed by atoms with Crippen LogP contribution in [-0.4, -0.2) is 39.6 Å². The van der Waals surface area contributed by atoms with Crippen molar-refractivity contribution in [2.75, 3.05) is 25.1 Å². The molecule has 35 heavy (non-hydrogen) atoms. The number of oxazole rings is 1. The minimum absolute atomic E-state index is 0.0318. The highest BCUT2D eigenvalue weighted by atomic mass is 19.4. The Hall–Kier alpha value is -4.06. The molecule has 12 heteroatoms. The maximum absolute atomic E-state index is 13.9. The lowest BCUT2D eigenvalue weighted by Crippen LogP contribution is -2.27. The van der Waals surface area contributed by atoms with Gasteiger partial charge in [0, 0.05) is 12.6 Å². The molecule has 1 aromatic carbocycles. The topological polar surface area (TPSA) is 116 Å². The molecule has 0 saturated heterocycles. The number of halogens is 3. The summed E-state index contributed by atoms with van der Waals surface area (Å²) in [5.41, 5.74) is -1.63. The van der Waals surface area contributed by atoms with Gasteiger partial charge in [-0.3, -0.25) is 4.79 Å². The van der Waals surface area contributed by atoms with Gasteiger partial charge in [-0.25, -0.2) is 4.98 Å². The van der Waals surface area contributed by atoms with Gasteiger partial charge in [0.25, 0.3) is 5.56 Å². The van der Waals surface area contributed by atoms with Crippen LogP contribution in [0.4, 0.5) is 18.9 Å². The molecule has 0 unspecified atom stereocenters. The maximum Gasteiger partial charge on any atom is 0.418 e. The molecule has 0 saturated carbocycles. The number of nitrogens with zero attached hydrogens (tertiary/aromatic N) is 3. The van der Waals surface area contributed by atoms with E-state index >= 15 is 0 Å². The van der Waals surface area contributed by atoms with Crippen molar-refractivity contribution in [2.45, 2.75) is 20.0 Å². The van der Waals surface area contributed by atoms with E-state index in [1.807, 2.05) is 0 Å². The minimum Gasteiger partial charge on any atom is -0.491 e. The van der Waals surface area contributed by atoms with Crippen LogP contribution in [0.2, 0.25) is 0 Å².